The van der Waals surface area contributed by atoms with Crippen LogP contribution < -0.4 is 5.43 Å². The molecule has 2 aromatic carbocycles. The lowest BCUT2D eigenvalue weighted by Crippen LogP contribution is -2.19. The Balaban J connectivity index is 1.67. The molecule has 0 unspecified atom stereocenters. The van der Waals surface area contributed by atoms with Gasteiger partial charge in [0.05, 0.1) is 17.0 Å². The summed E-state index contributed by atoms with van der Waals surface area (Å²) in [4.78, 5) is 12.9. The summed E-state index contributed by atoms with van der Waals surface area (Å²) in [6.07, 6.45) is 1.89. The predicted molar refractivity (Wildman–Crippen MR) is 92.7 cm³/mol. The van der Waals surface area contributed by atoms with Crippen LogP contribution >= 0.6 is 22.9 Å². The minimum absolute atomic E-state index is 0.143. The van der Waals surface area contributed by atoms with Crippen molar-refractivity contribution in [3.63, 3.8) is 0 Å². The number of amides is 1. The Kier molecular flexibility index (Phi) is 4.51. The summed E-state index contributed by atoms with van der Waals surface area (Å²) >= 11 is 7.24. The second-order valence-electron chi connectivity index (χ2n) is 4.75. The summed E-state index contributed by atoms with van der Waals surface area (Å²) in [6.45, 7) is 0. The fourth-order valence-corrected chi connectivity index (χ4v) is 3.16. The quantitative estimate of drug-likeness (QED) is 0.564. The van der Waals surface area contributed by atoms with E-state index in [4.69, 9.17) is 11.6 Å². The minimum atomic E-state index is -0.143. The monoisotopic (exact) mass is 328 g/mol. The standard InChI is InChI=1S/C17H13ClN2OS/c18-16-9-8-14(22-16)11-19-20-17(21)10-13-6-3-5-12-4-1-2-7-15(12)13/h1-9,11H,10H2,(H,20,21)/b19-11+. The summed E-state index contributed by atoms with van der Waals surface area (Å²) in [6, 6.07) is 17.6. The van der Waals surface area contributed by atoms with Crippen LogP contribution in [0.2, 0.25) is 4.34 Å². The van der Waals surface area contributed by atoms with Gasteiger partial charge in [-0.25, -0.2) is 5.43 Å². The minimum Gasteiger partial charge on any atom is -0.273 e. The fraction of sp³-hybridized carbons (Fsp3) is 0.0588. The van der Waals surface area contributed by atoms with E-state index in [2.05, 4.69) is 10.5 Å². The maximum Gasteiger partial charge on any atom is 0.244 e. The number of nitrogens with zero attached hydrogens (tertiary/aromatic N) is 1. The maximum absolute atomic E-state index is 12.0. The van der Waals surface area contributed by atoms with Gasteiger partial charge in [0, 0.05) is 4.88 Å². The molecule has 0 fully saturated rings. The first-order chi connectivity index (χ1) is 10.7. The third-order valence-electron chi connectivity index (χ3n) is 3.21. The zero-order valence-electron chi connectivity index (χ0n) is 11.6. The second-order valence-corrected chi connectivity index (χ2v) is 6.50. The van der Waals surface area contributed by atoms with E-state index >= 15 is 0 Å². The molecule has 1 heterocycles. The van der Waals surface area contributed by atoms with Crippen LogP contribution in [-0.2, 0) is 11.2 Å². The lowest BCUT2D eigenvalue weighted by atomic mass is 10.0. The van der Waals surface area contributed by atoms with Crippen molar-refractivity contribution in [2.75, 3.05) is 0 Å². The molecule has 0 saturated carbocycles. The van der Waals surface area contributed by atoms with Crippen LogP contribution in [0, 0.1) is 0 Å². The van der Waals surface area contributed by atoms with E-state index in [-0.39, 0.29) is 5.91 Å². The highest BCUT2D eigenvalue weighted by atomic mass is 35.5. The van der Waals surface area contributed by atoms with Gasteiger partial charge in [-0.05, 0) is 28.5 Å². The molecule has 3 rings (SSSR count). The first kappa shape index (κ1) is 14.8. The van der Waals surface area contributed by atoms with E-state index in [9.17, 15) is 4.79 Å². The van der Waals surface area contributed by atoms with Gasteiger partial charge in [-0.1, -0.05) is 54.1 Å². The summed E-state index contributed by atoms with van der Waals surface area (Å²) in [5.74, 6) is -0.143. The highest BCUT2D eigenvalue weighted by Gasteiger charge is 2.05. The SMILES string of the molecule is O=C(Cc1cccc2ccccc12)N/N=C/c1ccc(Cl)s1. The Morgan fingerprint density at radius 1 is 1.14 bits per heavy atom. The predicted octanol–water partition coefficient (Wildman–Crippen LogP) is 4.25. The summed E-state index contributed by atoms with van der Waals surface area (Å²) in [5.41, 5.74) is 3.54. The van der Waals surface area contributed by atoms with Crippen molar-refractivity contribution in [2.45, 2.75) is 6.42 Å². The van der Waals surface area contributed by atoms with Gasteiger partial charge >= 0.3 is 0 Å². The van der Waals surface area contributed by atoms with Gasteiger partial charge in [0.1, 0.15) is 0 Å². The third-order valence-corrected chi connectivity index (χ3v) is 4.37. The van der Waals surface area contributed by atoms with Gasteiger partial charge in [0.15, 0.2) is 0 Å². The molecule has 1 amide bonds. The van der Waals surface area contributed by atoms with Crippen LogP contribution in [0.1, 0.15) is 10.4 Å². The van der Waals surface area contributed by atoms with Gasteiger partial charge in [-0.2, -0.15) is 5.10 Å². The molecule has 0 aliphatic carbocycles. The van der Waals surface area contributed by atoms with Gasteiger partial charge in [-0.15, -0.1) is 11.3 Å². The third kappa shape index (κ3) is 3.53. The number of hydrogen-bond acceptors (Lipinski definition) is 3. The van der Waals surface area contributed by atoms with E-state index in [1.54, 1.807) is 12.3 Å². The van der Waals surface area contributed by atoms with Crippen LogP contribution in [0.4, 0.5) is 0 Å². The highest BCUT2D eigenvalue weighted by molar-refractivity contribution is 7.17. The number of fused-ring (bicyclic) bond motifs is 1. The fourth-order valence-electron chi connectivity index (χ4n) is 2.22. The van der Waals surface area contributed by atoms with Gasteiger partial charge in [0.2, 0.25) is 5.91 Å². The number of nitrogens with one attached hydrogen (secondary N) is 1. The summed E-state index contributed by atoms with van der Waals surface area (Å²) < 4.78 is 0.698. The Hall–Kier alpha value is -2.17. The smallest absolute Gasteiger partial charge is 0.244 e. The van der Waals surface area contributed by atoms with Crippen molar-refractivity contribution in [3.8, 4) is 0 Å². The Morgan fingerprint density at radius 3 is 2.77 bits per heavy atom. The van der Waals surface area contributed by atoms with E-state index in [1.807, 2.05) is 48.5 Å². The molecule has 3 aromatic rings. The molecule has 0 radical (unpaired) electrons. The molecule has 1 aromatic heterocycles. The lowest BCUT2D eigenvalue weighted by Gasteiger charge is -2.05. The van der Waals surface area contributed by atoms with E-state index in [1.165, 1.54) is 11.3 Å². The first-order valence-electron chi connectivity index (χ1n) is 6.76. The molecule has 0 aliphatic heterocycles. The van der Waals surface area contributed by atoms with E-state index in [0.29, 0.717) is 10.8 Å². The zero-order valence-corrected chi connectivity index (χ0v) is 13.2. The van der Waals surface area contributed by atoms with Crippen molar-refractivity contribution in [1.29, 1.82) is 0 Å². The van der Waals surface area contributed by atoms with Crippen LogP contribution in [0.25, 0.3) is 10.8 Å². The molecule has 22 heavy (non-hydrogen) atoms. The molecule has 3 nitrogen and oxygen atoms in total. The average Bonchev–Trinajstić information content (AvgIpc) is 2.93. The Morgan fingerprint density at radius 2 is 1.95 bits per heavy atom. The van der Waals surface area contributed by atoms with Crippen LogP contribution in [-0.4, -0.2) is 12.1 Å². The summed E-state index contributed by atoms with van der Waals surface area (Å²) in [7, 11) is 0. The van der Waals surface area contributed by atoms with Crippen LogP contribution in [0.15, 0.2) is 59.7 Å². The molecule has 110 valence electrons. The summed E-state index contributed by atoms with van der Waals surface area (Å²) in [5, 5.41) is 6.18. The molecule has 0 spiro atoms. The van der Waals surface area contributed by atoms with Gasteiger partial charge < -0.3 is 0 Å². The lowest BCUT2D eigenvalue weighted by molar-refractivity contribution is -0.120. The molecule has 0 atom stereocenters. The number of hydrazone groups is 1. The highest BCUT2D eigenvalue weighted by Crippen LogP contribution is 2.20. The maximum atomic E-state index is 12.0. The topological polar surface area (TPSA) is 41.5 Å². The van der Waals surface area contributed by atoms with Crippen molar-refractivity contribution >= 4 is 45.8 Å². The van der Waals surface area contributed by atoms with Crippen molar-refractivity contribution in [2.24, 2.45) is 5.10 Å². The van der Waals surface area contributed by atoms with Crippen molar-refractivity contribution in [3.05, 3.63) is 69.4 Å². The zero-order chi connectivity index (χ0) is 15.4. The Labute approximate surface area is 137 Å². The molecule has 1 N–H and O–H groups in total. The molecular weight excluding hydrogens is 316 g/mol. The number of benzene rings is 2. The molecular formula is C17H13ClN2OS. The molecule has 0 saturated heterocycles. The van der Waals surface area contributed by atoms with Crippen molar-refractivity contribution < 1.29 is 4.79 Å². The Bertz CT molecular complexity index is 836. The molecule has 0 bridgehead atoms. The van der Waals surface area contributed by atoms with Gasteiger partial charge in [-0.3, -0.25) is 4.79 Å². The normalized spacial score (nSPS) is 11.1. The number of halogens is 1. The average molecular weight is 329 g/mol. The number of thiophene rings is 1. The number of hydrogen-bond donors (Lipinski definition) is 1. The largest absolute Gasteiger partial charge is 0.273 e. The van der Waals surface area contributed by atoms with E-state index in [0.717, 1.165) is 21.2 Å². The van der Waals surface area contributed by atoms with Crippen LogP contribution in [0.3, 0.4) is 0 Å². The van der Waals surface area contributed by atoms with Crippen LogP contribution in [0.5, 0.6) is 0 Å². The molecule has 0 aliphatic rings. The van der Waals surface area contributed by atoms with Gasteiger partial charge in [0.25, 0.3) is 0 Å². The van der Waals surface area contributed by atoms with E-state index < -0.39 is 0 Å². The van der Waals surface area contributed by atoms with Crippen molar-refractivity contribution in [1.82, 2.24) is 5.43 Å². The number of rotatable bonds is 4. The number of carbonyl (C=O) groups is 1. The molecule has 5 heteroatoms. The second kappa shape index (κ2) is 6.73. The first-order valence-corrected chi connectivity index (χ1v) is 7.96. The number of carbonyl (C=O) groups excluding carboxylic acids is 1.